The Labute approximate surface area is 166 Å². The first-order valence-corrected chi connectivity index (χ1v) is 8.03. The van der Waals surface area contributed by atoms with E-state index < -0.39 is 0 Å². The zero-order chi connectivity index (χ0) is 17.4. The molecule has 0 fully saturated rings. The van der Waals surface area contributed by atoms with Crippen LogP contribution in [0, 0.1) is 0 Å². The van der Waals surface area contributed by atoms with Crippen LogP contribution in [-0.2, 0) is 13.1 Å². The predicted octanol–water partition coefficient (Wildman–Crippen LogP) is 3.62. The third-order valence-corrected chi connectivity index (χ3v) is 3.64. The van der Waals surface area contributed by atoms with E-state index in [-0.39, 0.29) is 29.7 Å². The summed E-state index contributed by atoms with van der Waals surface area (Å²) in [6.07, 6.45) is 0. The normalized spacial score (nSPS) is 10.8. The Morgan fingerprint density at radius 1 is 1.20 bits per heavy atom. The van der Waals surface area contributed by atoms with Gasteiger partial charge in [0.2, 0.25) is 0 Å². The molecular weight excluding hydrogens is 429 g/mol. The van der Waals surface area contributed by atoms with Crippen LogP contribution in [-0.4, -0.2) is 36.7 Å². The van der Waals surface area contributed by atoms with E-state index in [1.54, 1.807) is 25.3 Å². The fraction of sp³-hybridized carbons (Fsp3) is 0.316. The van der Waals surface area contributed by atoms with Crippen LogP contribution in [0.15, 0.2) is 53.5 Å². The molecule has 0 aromatic heterocycles. The molecule has 2 aromatic carbocycles. The Morgan fingerprint density at radius 2 is 1.92 bits per heavy atom. The summed E-state index contributed by atoms with van der Waals surface area (Å²) in [6, 6.07) is 15.4. The Morgan fingerprint density at radius 3 is 2.56 bits per heavy atom. The largest absolute Gasteiger partial charge is 0.508 e. The van der Waals surface area contributed by atoms with Crippen molar-refractivity contribution in [1.82, 2.24) is 10.2 Å². The van der Waals surface area contributed by atoms with Crippen molar-refractivity contribution >= 4 is 29.9 Å². The molecule has 2 rings (SSSR count). The van der Waals surface area contributed by atoms with Gasteiger partial charge in [0.05, 0.1) is 13.7 Å². The lowest BCUT2D eigenvalue weighted by molar-refractivity contribution is 0.410. The summed E-state index contributed by atoms with van der Waals surface area (Å²) in [6.45, 7) is 3.96. The van der Waals surface area contributed by atoms with Crippen molar-refractivity contribution in [3.63, 3.8) is 0 Å². The zero-order valence-electron chi connectivity index (χ0n) is 14.9. The maximum atomic E-state index is 9.99. The minimum absolute atomic E-state index is 0. The molecule has 25 heavy (non-hydrogen) atoms. The highest BCUT2D eigenvalue weighted by Crippen LogP contribution is 2.23. The van der Waals surface area contributed by atoms with Gasteiger partial charge in [-0.15, -0.1) is 24.0 Å². The summed E-state index contributed by atoms with van der Waals surface area (Å²) in [7, 11) is 3.61. The Bertz CT molecular complexity index is 678. The molecule has 0 bridgehead atoms. The first-order chi connectivity index (χ1) is 11.6. The topological polar surface area (TPSA) is 57.1 Å². The van der Waals surface area contributed by atoms with Gasteiger partial charge in [-0.1, -0.05) is 30.3 Å². The van der Waals surface area contributed by atoms with Crippen molar-refractivity contribution in [2.24, 2.45) is 4.99 Å². The molecule has 0 saturated heterocycles. The molecule has 136 valence electrons. The van der Waals surface area contributed by atoms with Gasteiger partial charge in [0.25, 0.3) is 0 Å². The second-order valence-electron chi connectivity index (χ2n) is 5.51. The van der Waals surface area contributed by atoms with Gasteiger partial charge in [0.15, 0.2) is 5.96 Å². The van der Waals surface area contributed by atoms with Crippen molar-refractivity contribution in [1.29, 1.82) is 0 Å². The van der Waals surface area contributed by atoms with Gasteiger partial charge in [0, 0.05) is 25.7 Å². The molecule has 2 aromatic rings. The summed E-state index contributed by atoms with van der Waals surface area (Å²) in [5.41, 5.74) is 1.95. The third-order valence-electron chi connectivity index (χ3n) is 3.64. The van der Waals surface area contributed by atoms with Gasteiger partial charge < -0.3 is 20.1 Å². The minimum Gasteiger partial charge on any atom is -0.508 e. The van der Waals surface area contributed by atoms with Crippen LogP contribution in [0.3, 0.4) is 0 Å². The summed E-state index contributed by atoms with van der Waals surface area (Å²) >= 11 is 0. The highest BCUT2D eigenvalue weighted by molar-refractivity contribution is 14.0. The number of nitrogens with zero attached hydrogens (tertiary/aromatic N) is 2. The first kappa shape index (κ1) is 21.1. The summed E-state index contributed by atoms with van der Waals surface area (Å²) < 4.78 is 5.20. The lowest BCUT2D eigenvalue weighted by Crippen LogP contribution is -2.38. The standard InChI is InChI=1S/C19H25N3O2.HI/c1-4-20-19(22(2)14-15-8-6-5-7-9-15)21-13-16-12-17(24-3)10-11-18(16)23;/h5-12,23H,4,13-14H2,1-3H3,(H,20,21);1H. The lowest BCUT2D eigenvalue weighted by atomic mass is 10.2. The Kier molecular flexibility index (Phi) is 9.12. The number of aromatic hydroxyl groups is 1. The number of nitrogens with one attached hydrogen (secondary N) is 1. The van der Waals surface area contributed by atoms with Crippen molar-refractivity contribution < 1.29 is 9.84 Å². The van der Waals surface area contributed by atoms with E-state index in [0.717, 1.165) is 24.6 Å². The fourth-order valence-electron chi connectivity index (χ4n) is 2.38. The quantitative estimate of drug-likeness (QED) is 0.397. The van der Waals surface area contributed by atoms with Crippen LogP contribution < -0.4 is 10.1 Å². The number of hydrogen-bond donors (Lipinski definition) is 2. The first-order valence-electron chi connectivity index (χ1n) is 8.03. The Hall–Kier alpha value is -1.96. The summed E-state index contributed by atoms with van der Waals surface area (Å²) in [5, 5.41) is 13.3. The van der Waals surface area contributed by atoms with E-state index in [4.69, 9.17) is 4.74 Å². The molecule has 0 aliphatic carbocycles. The molecule has 6 heteroatoms. The summed E-state index contributed by atoms with van der Waals surface area (Å²) in [5.74, 6) is 1.73. The van der Waals surface area contributed by atoms with E-state index >= 15 is 0 Å². The third kappa shape index (κ3) is 6.45. The molecule has 0 radical (unpaired) electrons. The molecule has 0 heterocycles. The maximum absolute atomic E-state index is 9.99. The molecule has 0 amide bonds. The average Bonchev–Trinajstić information content (AvgIpc) is 2.60. The predicted molar refractivity (Wildman–Crippen MR) is 113 cm³/mol. The van der Waals surface area contributed by atoms with Gasteiger partial charge in [0.1, 0.15) is 11.5 Å². The molecule has 0 aliphatic rings. The highest BCUT2D eigenvalue weighted by atomic mass is 127. The van der Waals surface area contributed by atoms with Crippen molar-refractivity contribution in [2.45, 2.75) is 20.0 Å². The summed E-state index contributed by atoms with van der Waals surface area (Å²) in [4.78, 5) is 6.70. The van der Waals surface area contributed by atoms with E-state index in [0.29, 0.717) is 12.3 Å². The maximum Gasteiger partial charge on any atom is 0.194 e. The number of guanidine groups is 1. The number of phenols is 1. The number of aliphatic imine (C=N–C) groups is 1. The Balaban J connectivity index is 0.00000312. The number of phenolic OH excluding ortho intramolecular Hbond substituents is 1. The van der Waals surface area contributed by atoms with E-state index in [1.807, 2.05) is 32.2 Å². The minimum atomic E-state index is 0. The number of rotatable bonds is 6. The van der Waals surface area contributed by atoms with Gasteiger partial charge >= 0.3 is 0 Å². The molecule has 2 N–H and O–H groups in total. The van der Waals surface area contributed by atoms with Gasteiger partial charge in [-0.05, 0) is 30.7 Å². The van der Waals surface area contributed by atoms with Crippen molar-refractivity contribution in [2.75, 3.05) is 20.7 Å². The molecule has 0 unspecified atom stereocenters. The van der Waals surface area contributed by atoms with Crippen LogP contribution in [0.25, 0.3) is 0 Å². The molecule has 5 nitrogen and oxygen atoms in total. The molecular formula is C19H26IN3O2. The second-order valence-corrected chi connectivity index (χ2v) is 5.51. The smallest absolute Gasteiger partial charge is 0.194 e. The average molecular weight is 455 g/mol. The highest BCUT2D eigenvalue weighted by Gasteiger charge is 2.08. The molecule has 0 saturated carbocycles. The van der Waals surface area contributed by atoms with Gasteiger partial charge in [-0.25, -0.2) is 4.99 Å². The SMILES string of the molecule is CCNC(=NCc1cc(OC)ccc1O)N(C)Cc1ccccc1.I. The number of halogens is 1. The lowest BCUT2D eigenvalue weighted by Gasteiger charge is -2.22. The number of hydrogen-bond acceptors (Lipinski definition) is 3. The monoisotopic (exact) mass is 455 g/mol. The number of methoxy groups -OCH3 is 1. The zero-order valence-corrected chi connectivity index (χ0v) is 17.2. The molecule has 0 atom stereocenters. The van der Waals surface area contributed by atoms with Crippen LogP contribution >= 0.6 is 24.0 Å². The van der Waals surface area contributed by atoms with Crippen LogP contribution in [0.1, 0.15) is 18.1 Å². The number of ether oxygens (including phenoxy) is 1. The van der Waals surface area contributed by atoms with Crippen molar-refractivity contribution in [3.8, 4) is 11.5 Å². The fourth-order valence-corrected chi connectivity index (χ4v) is 2.38. The van der Waals surface area contributed by atoms with Crippen LogP contribution in [0.2, 0.25) is 0 Å². The van der Waals surface area contributed by atoms with Gasteiger partial charge in [-0.2, -0.15) is 0 Å². The van der Waals surface area contributed by atoms with Crippen molar-refractivity contribution in [3.05, 3.63) is 59.7 Å². The van der Waals surface area contributed by atoms with Gasteiger partial charge in [-0.3, -0.25) is 0 Å². The van der Waals surface area contributed by atoms with E-state index in [9.17, 15) is 5.11 Å². The number of benzene rings is 2. The van der Waals surface area contributed by atoms with Crippen LogP contribution in [0.5, 0.6) is 11.5 Å². The second kappa shape index (κ2) is 10.8. The van der Waals surface area contributed by atoms with Crippen LogP contribution in [0.4, 0.5) is 0 Å². The van der Waals surface area contributed by atoms with E-state index in [2.05, 4.69) is 27.3 Å². The molecule has 0 spiro atoms. The molecule has 0 aliphatic heterocycles. The van der Waals surface area contributed by atoms with E-state index in [1.165, 1.54) is 5.56 Å².